The third-order valence-electron chi connectivity index (χ3n) is 3.73. The molecule has 1 aliphatic rings. The molecule has 20 heavy (non-hydrogen) atoms. The minimum atomic E-state index is 0.804. The normalized spacial score (nSPS) is 16.4. The summed E-state index contributed by atoms with van der Waals surface area (Å²) in [7, 11) is 0. The summed E-state index contributed by atoms with van der Waals surface area (Å²) >= 11 is 5.92. The number of anilines is 1. The SMILES string of the molecule is Clc1ccc(CN2CCN(c3[c]cccc3)CC2)cc1. The van der Waals surface area contributed by atoms with E-state index < -0.39 is 0 Å². The Bertz CT molecular complexity index is 531. The molecule has 0 unspecified atom stereocenters. The van der Waals surface area contributed by atoms with Crippen LogP contribution < -0.4 is 4.90 Å². The molecule has 1 fully saturated rings. The summed E-state index contributed by atoms with van der Waals surface area (Å²) in [4.78, 5) is 4.89. The summed E-state index contributed by atoms with van der Waals surface area (Å²) in [6.07, 6.45) is 0. The maximum atomic E-state index is 5.92. The van der Waals surface area contributed by atoms with Gasteiger partial charge in [0, 0.05) is 49.5 Å². The van der Waals surface area contributed by atoms with Gasteiger partial charge < -0.3 is 4.90 Å². The highest BCUT2D eigenvalue weighted by atomic mass is 35.5. The number of para-hydroxylation sites is 1. The van der Waals surface area contributed by atoms with Crippen LogP contribution in [0.5, 0.6) is 0 Å². The van der Waals surface area contributed by atoms with Crippen molar-refractivity contribution in [2.24, 2.45) is 0 Å². The average molecular weight is 286 g/mol. The number of nitrogens with zero attached hydrogens (tertiary/aromatic N) is 2. The molecule has 0 aromatic heterocycles. The average Bonchev–Trinajstić information content (AvgIpc) is 2.51. The van der Waals surface area contributed by atoms with E-state index in [1.807, 2.05) is 24.3 Å². The molecule has 3 heteroatoms. The van der Waals surface area contributed by atoms with Crippen molar-refractivity contribution < 1.29 is 0 Å². The van der Waals surface area contributed by atoms with Gasteiger partial charge in [-0.05, 0) is 23.8 Å². The van der Waals surface area contributed by atoms with Crippen molar-refractivity contribution in [3.8, 4) is 0 Å². The van der Waals surface area contributed by atoms with Gasteiger partial charge in [0.25, 0.3) is 0 Å². The number of halogens is 1. The van der Waals surface area contributed by atoms with Crippen LogP contribution in [-0.2, 0) is 6.54 Å². The zero-order valence-electron chi connectivity index (χ0n) is 11.4. The summed E-state index contributed by atoms with van der Waals surface area (Å²) in [6, 6.07) is 19.7. The Morgan fingerprint density at radius 1 is 0.950 bits per heavy atom. The summed E-state index contributed by atoms with van der Waals surface area (Å²) in [5.41, 5.74) is 2.53. The molecule has 1 saturated heterocycles. The Balaban J connectivity index is 1.55. The van der Waals surface area contributed by atoms with Crippen molar-refractivity contribution >= 4 is 17.3 Å². The van der Waals surface area contributed by atoms with Gasteiger partial charge in [0.1, 0.15) is 0 Å². The fourth-order valence-corrected chi connectivity index (χ4v) is 2.70. The molecule has 0 amide bonds. The van der Waals surface area contributed by atoms with Crippen LogP contribution >= 0.6 is 11.6 Å². The molecule has 1 aliphatic heterocycles. The molecule has 2 nitrogen and oxygen atoms in total. The summed E-state index contributed by atoms with van der Waals surface area (Å²) in [6.45, 7) is 5.31. The predicted molar refractivity (Wildman–Crippen MR) is 84.2 cm³/mol. The Labute approximate surface area is 125 Å². The third-order valence-corrected chi connectivity index (χ3v) is 3.98. The minimum Gasteiger partial charge on any atom is -0.368 e. The van der Waals surface area contributed by atoms with Crippen molar-refractivity contribution in [2.75, 3.05) is 31.1 Å². The largest absolute Gasteiger partial charge is 0.368 e. The highest BCUT2D eigenvalue weighted by molar-refractivity contribution is 6.30. The molecule has 0 saturated carbocycles. The van der Waals surface area contributed by atoms with E-state index in [0.29, 0.717) is 0 Å². The highest BCUT2D eigenvalue weighted by Gasteiger charge is 2.17. The van der Waals surface area contributed by atoms with Gasteiger partial charge >= 0.3 is 0 Å². The molecule has 0 aliphatic carbocycles. The van der Waals surface area contributed by atoms with Crippen LogP contribution in [0.1, 0.15) is 5.56 Å². The molecule has 2 aromatic rings. The lowest BCUT2D eigenvalue weighted by Gasteiger charge is -2.36. The number of rotatable bonds is 3. The number of benzene rings is 2. The van der Waals surface area contributed by atoms with Crippen LogP contribution in [0.4, 0.5) is 5.69 Å². The van der Waals surface area contributed by atoms with Crippen LogP contribution in [0, 0.1) is 6.07 Å². The lowest BCUT2D eigenvalue weighted by Crippen LogP contribution is -2.45. The van der Waals surface area contributed by atoms with Gasteiger partial charge in [0.2, 0.25) is 0 Å². The molecule has 0 atom stereocenters. The molecule has 2 aromatic carbocycles. The maximum absolute atomic E-state index is 5.92. The Morgan fingerprint density at radius 2 is 1.70 bits per heavy atom. The fourth-order valence-electron chi connectivity index (χ4n) is 2.58. The van der Waals surface area contributed by atoms with Crippen LogP contribution in [0.2, 0.25) is 5.02 Å². The number of piperazine rings is 1. The molecule has 103 valence electrons. The standard InChI is InChI=1S/C17H18ClN2/c18-16-8-6-15(7-9-16)14-19-10-12-20(13-11-19)17-4-2-1-3-5-17/h1-4,6-9H,10-14H2. The minimum absolute atomic E-state index is 0.804. The van der Waals surface area contributed by atoms with Gasteiger partial charge in [-0.2, -0.15) is 0 Å². The molecule has 0 bridgehead atoms. The van der Waals surface area contributed by atoms with E-state index in [9.17, 15) is 0 Å². The molecule has 1 heterocycles. The van der Waals surface area contributed by atoms with Crippen molar-refractivity contribution in [1.29, 1.82) is 0 Å². The predicted octanol–water partition coefficient (Wildman–Crippen LogP) is 3.46. The second kappa shape index (κ2) is 6.29. The Kier molecular flexibility index (Phi) is 4.24. The molecular weight excluding hydrogens is 268 g/mol. The van der Waals surface area contributed by atoms with Crippen molar-refractivity contribution in [1.82, 2.24) is 4.90 Å². The van der Waals surface area contributed by atoms with E-state index in [1.54, 1.807) is 0 Å². The van der Waals surface area contributed by atoms with Crippen LogP contribution in [0.25, 0.3) is 0 Å². The van der Waals surface area contributed by atoms with Crippen molar-refractivity contribution in [2.45, 2.75) is 6.54 Å². The van der Waals surface area contributed by atoms with Gasteiger partial charge in [-0.25, -0.2) is 0 Å². The van der Waals surface area contributed by atoms with Crippen LogP contribution in [-0.4, -0.2) is 31.1 Å². The second-order valence-electron chi connectivity index (χ2n) is 5.14. The highest BCUT2D eigenvalue weighted by Crippen LogP contribution is 2.17. The first-order chi connectivity index (χ1) is 9.81. The van der Waals surface area contributed by atoms with Gasteiger partial charge in [-0.3, -0.25) is 4.90 Å². The lowest BCUT2D eigenvalue weighted by atomic mass is 10.2. The number of hydrogen-bond acceptors (Lipinski definition) is 2. The van der Waals surface area contributed by atoms with Gasteiger partial charge in [0.15, 0.2) is 0 Å². The van der Waals surface area contributed by atoms with E-state index in [4.69, 9.17) is 11.6 Å². The monoisotopic (exact) mass is 285 g/mol. The first kappa shape index (κ1) is 13.5. The second-order valence-corrected chi connectivity index (χ2v) is 5.57. The van der Waals surface area contributed by atoms with Crippen LogP contribution in [0.15, 0.2) is 48.5 Å². The first-order valence-corrected chi connectivity index (χ1v) is 7.37. The maximum Gasteiger partial charge on any atom is 0.0447 e. The van der Waals surface area contributed by atoms with Gasteiger partial charge in [-0.1, -0.05) is 41.9 Å². The summed E-state index contributed by atoms with van der Waals surface area (Å²) in [5.74, 6) is 0. The van der Waals surface area contributed by atoms with Gasteiger partial charge in [-0.15, -0.1) is 0 Å². The molecule has 3 rings (SSSR count). The Hall–Kier alpha value is -1.51. The van der Waals surface area contributed by atoms with Crippen molar-refractivity contribution in [3.63, 3.8) is 0 Å². The summed E-state index contributed by atoms with van der Waals surface area (Å²) < 4.78 is 0. The molecular formula is C17H18ClN2. The molecule has 0 N–H and O–H groups in total. The quantitative estimate of drug-likeness (QED) is 0.852. The van der Waals surface area contributed by atoms with E-state index in [0.717, 1.165) is 37.7 Å². The number of hydrogen-bond donors (Lipinski definition) is 0. The zero-order valence-corrected chi connectivity index (χ0v) is 12.2. The van der Waals surface area contributed by atoms with E-state index in [2.05, 4.69) is 40.1 Å². The fraction of sp³-hybridized carbons (Fsp3) is 0.294. The van der Waals surface area contributed by atoms with E-state index in [-0.39, 0.29) is 0 Å². The Morgan fingerprint density at radius 3 is 2.35 bits per heavy atom. The topological polar surface area (TPSA) is 6.48 Å². The molecule has 0 spiro atoms. The molecule has 1 radical (unpaired) electrons. The zero-order chi connectivity index (χ0) is 13.8. The third kappa shape index (κ3) is 3.33. The first-order valence-electron chi connectivity index (χ1n) is 7.00. The lowest BCUT2D eigenvalue weighted by molar-refractivity contribution is 0.250. The van der Waals surface area contributed by atoms with E-state index >= 15 is 0 Å². The van der Waals surface area contributed by atoms with E-state index in [1.165, 1.54) is 11.3 Å². The van der Waals surface area contributed by atoms with Crippen LogP contribution in [0.3, 0.4) is 0 Å². The smallest absolute Gasteiger partial charge is 0.0447 e. The van der Waals surface area contributed by atoms with Gasteiger partial charge in [0.05, 0.1) is 0 Å². The van der Waals surface area contributed by atoms with Crippen molar-refractivity contribution in [3.05, 3.63) is 65.2 Å². The summed E-state index contributed by atoms with van der Waals surface area (Å²) in [5, 5.41) is 0.804.